The summed E-state index contributed by atoms with van der Waals surface area (Å²) < 4.78 is 9.63. The Labute approximate surface area is 219 Å². The van der Waals surface area contributed by atoms with Crippen molar-refractivity contribution in [1.29, 1.82) is 0 Å². The minimum absolute atomic E-state index is 0.0575. The van der Waals surface area contributed by atoms with Crippen LogP contribution in [0.3, 0.4) is 0 Å². The van der Waals surface area contributed by atoms with Crippen molar-refractivity contribution in [2.24, 2.45) is 0 Å². The maximum Gasteiger partial charge on any atom is 0.307 e. The van der Waals surface area contributed by atoms with Crippen molar-refractivity contribution in [2.75, 3.05) is 14.2 Å². The molecule has 2 heterocycles. The van der Waals surface area contributed by atoms with Crippen LogP contribution >= 0.6 is 0 Å². The lowest BCUT2D eigenvalue weighted by Gasteiger charge is -2.19. The van der Waals surface area contributed by atoms with Gasteiger partial charge >= 0.3 is 11.9 Å². The molecule has 0 spiro atoms. The van der Waals surface area contributed by atoms with Gasteiger partial charge in [-0.15, -0.1) is 0 Å². The monoisotopic (exact) mass is 518 g/mol. The smallest absolute Gasteiger partial charge is 0.307 e. The van der Waals surface area contributed by atoms with Gasteiger partial charge in [0.15, 0.2) is 0 Å². The van der Waals surface area contributed by atoms with E-state index in [-0.39, 0.29) is 25.7 Å². The molecule has 4 N–H and O–H groups in total. The first-order valence-corrected chi connectivity index (χ1v) is 12.2. The summed E-state index contributed by atoms with van der Waals surface area (Å²) in [5.74, 6) is -1.72. The predicted octanol–water partition coefficient (Wildman–Crippen LogP) is 3.57. The van der Waals surface area contributed by atoms with Crippen molar-refractivity contribution in [1.82, 2.24) is 20.6 Å². The van der Waals surface area contributed by atoms with Crippen molar-refractivity contribution < 1.29 is 28.7 Å². The number of aromatic nitrogens is 2. The van der Waals surface area contributed by atoms with E-state index in [1.165, 1.54) is 14.2 Å². The van der Waals surface area contributed by atoms with E-state index in [1.807, 2.05) is 48.5 Å². The van der Waals surface area contributed by atoms with E-state index in [9.17, 15) is 19.2 Å². The third kappa shape index (κ3) is 6.20. The summed E-state index contributed by atoms with van der Waals surface area (Å²) in [6, 6.07) is 13.9. The van der Waals surface area contributed by atoms with E-state index in [2.05, 4.69) is 20.6 Å². The molecule has 2 aromatic heterocycles. The lowest BCUT2D eigenvalue weighted by molar-refractivity contribution is -0.142. The van der Waals surface area contributed by atoms with Crippen LogP contribution in [0.2, 0.25) is 0 Å². The maximum absolute atomic E-state index is 12.8. The Morgan fingerprint density at radius 2 is 1.08 bits per heavy atom. The molecule has 0 fully saturated rings. The minimum atomic E-state index is -0.632. The van der Waals surface area contributed by atoms with Crippen LogP contribution in [0.25, 0.3) is 21.8 Å². The zero-order chi connectivity index (χ0) is 27.1. The summed E-state index contributed by atoms with van der Waals surface area (Å²) >= 11 is 0. The third-order valence-corrected chi connectivity index (χ3v) is 6.44. The number of nitrogens with one attached hydrogen (secondary N) is 4. The Kier molecular flexibility index (Phi) is 8.42. The largest absolute Gasteiger partial charge is 0.469 e. The highest BCUT2D eigenvalue weighted by Gasteiger charge is 2.24. The number of benzene rings is 2. The number of rotatable bonds is 11. The summed E-state index contributed by atoms with van der Waals surface area (Å²) in [6.07, 6.45) is 3.18. The van der Waals surface area contributed by atoms with Gasteiger partial charge in [-0.1, -0.05) is 36.4 Å². The normalized spacial score (nSPS) is 12.6. The van der Waals surface area contributed by atoms with Crippen LogP contribution in [0.4, 0.5) is 0 Å². The number of carbonyl (C=O) groups is 4. The zero-order valence-electron chi connectivity index (χ0n) is 21.2. The van der Waals surface area contributed by atoms with Gasteiger partial charge in [0.05, 0.1) is 39.1 Å². The lowest BCUT2D eigenvalue weighted by atomic mass is 10.0. The first-order valence-electron chi connectivity index (χ1n) is 12.2. The molecule has 38 heavy (non-hydrogen) atoms. The van der Waals surface area contributed by atoms with Crippen LogP contribution in [0.1, 0.15) is 48.9 Å². The summed E-state index contributed by atoms with van der Waals surface area (Å²) in [5, 5.41) is 7.48. The molecule has 0 aliphatic carbocycles. The number of aromatic amines is 2. The number of amides is 2. The molecule has 2 unspecified atom stereocenters. The number of para-hydroxylation sites is 2. The van der Waals surface area contributed by atoms with Gasteiger partial charge in [0.2, 0.25) is 11.8 Å². The van der Waals surface area contributed by atoms with Gasteiger partial charge < -0.3 is 30.1 Å². The number of H-pyrrole nitrogens is 2. The topological polar surface area (TPSA) is 142 Å². The molecular formula is C28H30N4O6. The van der Waals surface area contributed by atoms with E-state index in [0.717, 1.165) is 32.9 Å². The molecule has 4 rings (SSSR count). The van der Waals surface area contributed by atoms with Gasteiger partial charge in [0.25, 0.3) is 0 Å². The molecule has 4 aromatic rings. The van der Waals surface area contributed by atoms with Crippen LogP contribution in [-0.4, -0.2) is 47.9 Å². The molecule has 2 aromatic carbocycles. The average Bonchev–Trinajstić information content (AvgIpc) is 3.55. The number of fused-ring (bicyclic) bond motifs is 2. The predicted molar refractivity (Wildman–Crippen MR) is 141 cm³/mol. The van der Waals surface area contributed by atoms with Crippen molar-refractivity contribution in [3.63, 3.8) is 0 Å². The van der Waals surface area contributed by atoms with Crippen LogP contribution in [-0.2, 0) is 28.7 Å². The molecule has 10 heteroatoms. The Balaban J connectivity index is 1.42. The Morgan fingerprint density at radius 1 is 0.684 bits per heavy atom. The van der Waals surface area contributed by atoms with Crippen LogP contribution in [0, 0.1) is 0 Å². The van der Waals surface area contributed by atoms with Gasteiger partial charge in [-0.2, -0.15) is 0 Å². The van der Waals surface area contributed by atoms with Crippen molar-refractivity contribution in [3.05, 3.63) is 72.1 Å². The fourth-order valence-corrected chi connectivity index (χ4v) is 4.50. The number of carbonyl (C=O) groups excluding carboxylic acids is 4. The SMILES string of the molecule is COC(=O)CC(NC(=O)CCC(=O)NC(CC(=O)OC)c1c[nH]c2ccccc12)c1c[nH]c2ccccc12. The van der Waals surface area contributed by atoms with Crippen LogP contribution in [0.5, 0.6) is 0 Å². The molecule has 2 amide bonds. The summed E-state index contributed by atoms with van der Waals surface area (Å²) in [5.41, 5.74) is 3.25. The van der Waals surface area contributed by atoms with E-state index in [0.29, 0.717) is 0 Å². The van der Waals surface area contributed by atoms with E-state index < -0.39 is 35.8 Å². The Bertz CT molecular complexity index is 1350. The van der Waals surface area contributed by atoms with E-state index in [4.69, 9.17) is 9.47 Å². The Morgan fingerprint density at radius 3 is 1.47 bits per heavy atom. The number of esters is 2. The highest BCUT2D eigenvalue weighted by molar-refractivity contribution is 5.89. The number of methoxy groups -OCH3 is 2. The molecule has 198 valence electrons. The fraction of sp³-hybridized carbons (Fsp3) is 0.286. The molecular weight excluding hydrogens is 488 g/mol. The maximum atomic E-state index is 12.8. The van der Waals surface area contributed by atoms with Gasteiger partial charge in [0.1, 0.15) is 0 Å². The molecule has 10 nitrogen and oxygen atoms in total. The van der Waals surface area contributed by atoms with Gasteiger partial charge in [-0.25, -0.2) is 0 Å². The Hall–Kier alpha value is -4.60. The standard InChI is InChI=1S/C28H30N4O6/c1-37-27(35)13-23(19-15-29-21-9-5-3-7-17(19)21)31-25(33)11-12-26(34)32-24(14-28(36)38-2)20-16-30-22-10-6-4-8-18(20)22/h3-10,15-16,23-24,29-30H,11-14H2,1-2H3,(H,31,33)(H,32,34). The molecule has 0 aliphatic heterocycles. The van der Waals surface area contributed by atoms with Crippen LogP contribution in [0.15, 0.2) is 60.9 Å². The minimum Gasteiger partial charge on any atom is -0.469 e. The molecule has 0 aliphatic rings. The van der Waals surface area contributed by atoms with E-state index >= 15 is 0 Å². The number of hydrogen-bond donors (Lipinski definition) is 4. The summed E-state index contributed by atoms with van der Waals surface area (Å²) in [7, 11) is 2.58. The highest BCUT2D eigenvalue weighted by Crippen LogP contribution is 2.28. The lowest BCUT2D eigenvalue weighted by Crippen LogP contribution is -2.33. The average molecular weight is 519 g/mol. The second-order valence-corrected chi connectivity index (χ2v) is 8.88. The summed E-state index contributed by atoms with van der Waals surface area (Å²) in [4.78, 5) is 56.1. The molecule has 0 saturated heterocycles. The second kappa shape index (κ2) is 12.1. The summed E-state index contributed by atoms with van der Waals surface area (Å²) in [6.45, 7) is 0. The van der Waals surface area contributed by atoms with Crippen LogP contribution < -0.4 is 10.6 Å². The van der Waals surface area contributed by atoms with Crippen molar-refractivity contribution in [2.45, 2.75) is 37.8 Å². The van der Waals surface area contributed by atoms with Crippen molar-refractivity contribution >= 4 is 45.6 Å². The second-order valence-electron chi connectivity index (χ2n) is 8.88. The fourth-order valence-electron chi connectivity index (χ4n) is 4.50. The highest BCUT2D eigenvalue weighted by atomic mass is 16.5. The first-order chi connectivity index (χ1) is 18.4. The first kappa shape index (κ1) is 26.5. The molecule has 0 radical (unpaired) electrons. The molecule has 0 saturated carbocycles. The number of ether oxygens (including phenoxy) is 2. The third-order valence-electron chi connectivity index (χ3n) is 6.44. The van der Waals surface area contributed by atoms with Crippen molar-refractivity contribution in [3.8, 4) is 0 Å². The van der Waals surface area contributed by atoms with Gasteiger partial charge in [-0.05, 0) is 12.1 Å². The van der Waals surface area contributed by atoms with Gasteiger partial charge in [-0.3, -0.25) is 19.2 Å². The van der Waals surface area contributed by atoms with E-state index in [1.54, 1.807) is 12.4 Å². The molecule has 0 bridgehead atoms. The quantitative estimate of drug-likeness (QED) is 0.224. The van der Waals surface area contributed by atoms with Gasteiger partial charge in [0, 0.05) is 58.2 Å². The molecule has 2 atom stereocenters. The zero-order valence-corrected chi connectivity index (χ0v) is 21.2. The number of hydrogen-bond acceptors (Lipinski definition) is 6.